The van der Waals surface area contributed by atoms with E-state index in [0.29, 0.717) is 6.61 Å². The van der Waals surface area contributed by atoms with E-state index in [-0.39, 0.29) is 6.04 Å². The average molecular weight is 191 g/mol. The number of nitrogens with two attached hydrogens (primary N) is 1. The van der Waals surface area contributed by atoms with Crippen LogP contribution in [0.15, 0.2) is 36.9 Å². The number of benzene rings is 1. The minimum atomic E-state index is 0.128. The molecule has 0 aliphatic carbocycles. The van der Waals surface area contributed by atoms with E-state index in [9.17, 15) is 0 Å². The lowest BCUT2D eigenvalue weighted by Crippen LogP contribution is -2.08. The Morgan fingerprint density at radius 1 is 1.43 bits per heavy atom. The van der Waals surface area contributed by atoms with E-state index in [0.717, 1.165) is 17.7 Å². The lowest BCUT2D eigenvalue weighted by atomic mass is 10.1. The summed E-state index contributed by atoms with van der Waals surface area (Å²) in [4.78, 5) is 0. The van der Waals surface area contributed by atoms with Crippen LogP contribution < -0.4 is 10.5 Å². The van der Waals surface area contributed by atoms with Crippen molar-refractivity contribution < 1.29 is 4.74 Å². The summed E-state index contributed by atoms with van der Waals surface area (Å²) in [7, 11) is 0. The summed E-state index contributed by atoms with van der Waals surface area (Å²) >= 11 is 0. The van der Waals surface area contributed by atoms with E-state index in [1.807, 2.05) is 24.3 Å². The molecule has 0 aromatic heterocycles. The second-order valence-corrected chi connectivity index (χ2v) is 3.18. The Morgan fingerprint density at radius 2 is 2.07 bits per heavy atom. The predicted molar refractivity (Wildman–Crippen MR) is 59.4 cm³/mol. The molecule has 1 rings (SSSR count). The van der Waals surface area contributed by atoms with Gasteiger partial charge >= 0.3 is 0 Å². The molecule has 0 heterocycles. The van der Waals surface area contributed by atoms with Crippen molar-refractivity contribution in [1.82, 2.24) is 0 Å². The number of hydrogen-bond donors (Lipinski definition) is 1. The topological polar surface area (TPSA) is 35.2 Å². The third-order valence-corrected chi connectivity index (χ3v) is 2.12. The van der Waals surface area contributed by atoms with Crippen molar-refractivity contribution in [1.29, 1.82) is 0 Å². The first-order valence-corrected chi connectivity index (χ1v) is 4.87. The first-order chi connectivity index (χ1) is 6.77. The standard InChI is InChI=1S/C12H17NO/c1-3-9-14-11-7-5-10(6-8-11)12(13)4-2/h3,5-8,12H,1,4,9,13H2,2H3/t12-/m0/s1. The van der Waals surface area contributed by atoms with Gasteiger partial charge in [-0.25, -0.2) is 0 Å². The molecule has 0 unspecified atom stereocenters. The zero-order valence-electron chi connectivity index (χ0n) is 8.57. The Morgan fingerprint density at radius 3 is 2.57 bits per heavy atom. The predicted octanol–water partition coefficient (Wildman–Crippen LogP) is 2.66. The molecule has 14 heavy (non-hydrogen) atoms. The number of rotatable bonds is 5. The SMILES string of the molecule is C=CCOc1ccc([C@@H](N)CC)cc1. The van der Waals surface area contributed by atoms with Crippen LogP contribution in [0.1, 0.15) is 24.9 Å². The highest BCUT2D eigenvalue weighted by atomic mass is 16.5. The molecule has 0 saturated heterocycles. The zero-order valence-corrected chi connectivity index (χ0v) is 8.57. The first kappa shape index (κ1) is 10.8. The Hall–Kier alpha value is -1.28. The Kier molecular flexibility index (Phi) is 4.20. The summed E-state index contributed by atoms with van der Waals surface area (Å²) in [5.74, 6) is 0.858. The molecule has 0 spiro atoms. The van der Waals surface area contributed by atoms with Crippen LogP contribution in [0, 0.1) is 0 Å². The zero-order chi connectivity index (χ0) is 10.4. The van der Waals surface area contributed by atoms with Gasteiger partial charge in [-0.05, 0) is 24.1 Å². The van der Waals surface area contributed by atoms with E-state index in [1.165, 1.54) is 0 Å². The van der Waals surface area contributed by atoms with Crippen molar-refractivity contribution in [2.24, 2.45) is 5.73 Å². The highest BCUT2D eigenvalue weighted by Crippen LogP contribution is 2.17. The maximum atomic E-state index is 5.89. The normalized spacial score (nSPS) is 12.1. The molecule has 0 bridgehead atoms. The third-order valence-electron chi connectivity index (χ3n) is 2.12. The lowest BCUT2D eigenvalue weighted by Gasteiger charge is -2.09. The smallest absolute Gasteiger partial charge is 0.119 e. The van der Waals surface area contributed by atoms with Crippen LogP contribution in [0.2, 0.25) is 0 Å². The van der Waals surface area contributed by atoms with Crippen LogP contribution in [0.25, 0.3) is 0 Å². The fourth-order valence-corrected chi connectivity index (χ4v) is 1.20. The van der Waals surface area contributed by atoms with Gasteiger partial charge in [0.1, 0.15) is 12.4 Å². The minimum Gasteiger partial charge on any atom is -0.490 e. The highest BCUT2D eigenvalue weighted by molar-refractivity contribution is 5.29. The van der Waals surface area contributed by atoms with Gasteiger partial charge in [0.25, 0.3) is 0 Å². The van der Waals surface area contributed by atoms with Crippen LogP contribution in [-0.2, 0) is 0 Å². The van der Waals surface area contributed by atoms with Gasteiger partial charge in [-0.1, -0.05) is 31.7 Å². The molecular weight excluding hydrogens is 174 g/mol. The average Bonchev–Trinajstić information content (AvgIpc) is 2.26. The molecule has 0 amide bonds. The van der Waals surface area contributed by atoms with Crippen molar-refractivity contribution in [3.05, 3.63) is 42.5 Å². The molecule has 0 aliphatic heterocycles. The van der Waals surface area contributed by atoms with Crippen LogP contribution in [0.5, 0.6) is 5.75 Å². The molecular formula is C12H17NO. The summed E-state index contributed by atoms with van der Waals surface area (Å²) in [6.45, 7) is 6.21. The molecule has 2 heteroatoms. The molecule has 2 nitrogen and oxygen atoms in total. The summed E-state index contributed by atoms with van der Waals surface area (Å²) in [6, 6.07) is 8.02. The fraction of sp³-hybridized carbons (Fsp3) is 0.333. The van der Waals surface area contributed by atoms with E-state index >= 15 is 0 Å². The molecule has 0 saturated carbocycles. The van der Waals surface area contributed by atoms with Crippen LogP contribution in [0.4, 0.5) is 0 Å². The van der Waals surface area contributed by atoms with Gasteiger partial charge in [0.2, 0.25) is 0 Å². The highest BCUT2D eigenvalue weighted by Gasteiger charge is 2.02. The van der Waals surface area contributed by atoms with Gasteiger partial charge in [0.15, 0.2) is 0 Å². The van der Waals surface area contributed by atoms with Gasteiger partial charge < -0.3 is 10.5 Å². The summed E-state index contributed by atoms with van der Waals surface area (Å²) in [5, 5.41) is 0. The van der Waals surface area contributed by atoms with Gasteiger partial charge in [-0.3, -0.25) is 0 Å². The minimum absolute atomic E-state index is 0.128. The summed E-state index contributed by atoms with van der Waals surface area (Å²) in [6.07, 6.45) is 2.68. The molecule has 1 aromatic rings. The molecule has 1 aromatic carbocycles. The number of ether oxygens (including phenoxy) is 1. The van der Waals surface area contributed by atoms with E-state index in [2.05, 4.69) is 13.5 Å². The van der Waals surface area contributed by atoms with Crippen molar-refractivity contribution in [3.63, 3.8) is 0 Å². The van der Waals surface area contributed by atoms with Crippen LogP contribution in [-0.4, -0.2) is 6.61 Å². The maximum Gasteiger partial charge on any atom is 0.119 e. The van der Waals surface area contributed by atoms with E-state index < -0.39 is 0 Å². The molecule has 0 aliphatic rings. The molecule has 2 N–H and O–H groups in total. The largest absolute Gasteiger partial charge is 0.490 e. The fourth-order valence-electron chi connectivity index (χ4n) is 1.20. The van der Waals surface area contributed by atoms with E-state index in [1.54, 1.807) is 6.08 Å². The molecule has 1 atom stereocenters. The Bertz CT molecular complexity index is 279. The van der Waals surface area contributed by atoms with Crippen molar-refractivity contribution >= 4 is 0 Å². The Labute approximate surface area is 85.4 Å². The third kappa shape index (κ3) is 2.89. The van der Waals surface area contributed by atoms with Gasteiger partial charge in [-0.15, -0.1) is 0 Å². The second kappa shape index (κ2) is 5.45. The molecule has 0 radical (unpaired) electrons. The first-order valence-electron chi connectivity index (χ1n) is 4.87. The summed E-state index contributed by atoms with van der Waals surface area (Å²) < 4.78 is 5.36. The van der Waals surface area contributed by atoms with Crippen LogP contribution >= 0.6 is 0 Å². The lowest BCUT2D eigenvalue weighted by molar-refractivity contribution is 0.363. The van der Waals surface area contributed by atoms with Crippen LogP contribution in [0.3, 0.4) is 0 Å². The van der Waals surface area contributed by atoms with Crippen molar-refractivity contribution in [2.75, 3.05) is 6.61 Å². The monoisotopic (exact) mass is 191 g/mol. The quantitative estimate of drug-likeness (QED) is 0.726. The van der Waals surface area contributed by atoms with Gasteiger partial charge in [-0.2, -0.15) is 0 Å². The molecule has 0 fully saturated rings. The van der Waals surface area contributed by atoms with E-state index in [4.69, 9.17) is 10.5 Å². The van der Waals surface area contributed by atoms with Crippen molar-refractivity contribution in [2.45, 2.75) is 19.4 Å². The maximum absolute atomic E-state index is 5.89. The molecule has 76 valence electrons. The Balaban J connectivity index is 2.63. The van der Waals surface area contributed by atoms with Gasteiger partial charge in [0.05, 0.1) is 0 Å². The number of hydrogen-bond acceptors (Lipinski definition) is 2. The second-order valence-electron chi connectivity index (χ2n) is 3.18. The summed E-state index contributed by atoms with van der Waals surface area (Å²) in [5.41, 5.74) is 7.04. The van der Waals surface area contributed by atoms with Gasteiger partial charge in [0, 0.05) is 6.04 Å². The van der Waals surface area contributed by atoms with Crippen molar-refractivity contribution in [3.8, 4) is 5.75 Å².